The van der Waals surface area contributed by atoms with Crippen molar-refractivity contribution in [2.75, 3.05) is 0 Å². The number of fused-ring (bicyclic) bond motifs is 6. The lowest BCUT2D eigenvalue weighted by atomic mass is 9.73. The zero-order valence-corrected chi connectivity index (χ0v) is 38.4. The molecule has 7 aliphatic rings. The van der Waals surface area contributed by atoms with E-state index in [1.165, 1.54) is 0 Å². The highest BCUT2D eigenvalue weighted by Crippen LogP contribution is 2.57. The van der Waals surface area contributed by atoms with Crippen molar-refractivity contribution in [2.45, 2.75) is 225 Å². The van der Waals surface area contributed by atoms with Crippen LogP contribution in [0.4, 0.5) is 0 Å². The predicted octanol–water partition coefficient (Wildman–Crippen LogP) is 5.00. The first kappa shape index (κ1) is 47.8. The van der Waals surface area contributed by atoms with Crippen molar-refractivity contribution in [3.63, 3.8) is 0 Å². The van der Waals surface area contributed by atoms with Crippen molar-refractivity contribution in [3.05, 3.63) is 12.2 Å². The average Bonchev–Trinajstić information content (AvgIpc) is 3.84. The summed E-state index contributed by atoms with van der Waals surface area (Å²) in [6.45, 7) is 15.1. The Morgan fingerprint density at radius 2 is 1.35 bits per heavy atom. The summed E-state index contributed by atoms with van der Waals surface area (Å²) in [5, 5.41) is 23.6. The molecule has 17 atom stereocenters. The van der Waals surface area contributed by atoms with Crippen LogP contribution in [0.2, 0.25) is 0 Å². The maximum absolute atomic E-state index is 15.0. The van der Waals surface area contributed by atoms with E-state index in [0.717, 1.165) is 0 Å². The van der Waals surface area contributed by atoms with Crippen LogP contribution in [0.1, 0.15) is 141 Å². The lowest BCUT2D eigenvalue weighted by Crippen LogP contribution is -2.61. The topological polar surface area (TPSA) is 210 Å². The number of rotatable bonds is 4. The molecule has 6 saturated heterocycles. The summed E-state index contributed by atoms with van der Waals surface area (Å²) in [4.78, 5) is 42.9. The molecule has 16 nitrogen and oxygen atoms in total. The molecule has 4 N–H and O–H groups in total. The van der Waals surface area contributed by atoms with E-state index in [-0.39, 0.29) is 19.9 Å². The van der Waals surface area contributed by atoms with Gasteiger partial charge < -0.3 is 63.0 Å². The van der Waals surface area contributed by atoms with Crippen LogP contribution in [0.15, 0.2) is 12.2 Å². The molecule has 9 bridgehead atoms. The standard InChI is InChI=1S/C45H73BNO15/c1-24(2)36(47)39(50)54-27(5)30-16-12-11-13-17-32(48)42(7,8)34-21-19-26(4)45(57-34)38-41(52)56-31-23-29(53-28(31)6)15-14-18-33(49)43(9,10)35-22-20-25(3)44(58-35)37(40(51)55-30)59-46(60-38,61-44)62-45/h11-12,24-38,48-49H,13-23,47H2,1-10H3/q-1/p+1/b12-11-/t25-,26-,27-,28-,29-,30+,31+,32+,33-,34+,35+,36-,37+,38+,44-,45-,46?/m1/s1. The molecule has 17 heteroatoms. The zero-order valence-electron chi connectivity index (χ0n) is 39.4. The highest BCUT2D eigenvalue weighted by atomic mass is 17.0. The summed E-state index contributed by atoms with van der Waals surface area (Å²) < 4.78 is 66.0. The Kier molecular flexibility index (Phi) is 13.8. The van der Waals surface area contributed by atoms with Gasteiger partial charge in [-0.2, -0.15) is 0 Å². The van der Waals surface area contributed by atoms with Crippen LogP contribution in [0, 0.1) is 28.6 Å². The molecule has 0 radical (unpaired) electrons. The SMILES string of the molecule is CC(C)[C@@H](N)C(=O)O[C@H](C)[C@@H]1C/C=C\CC[C@H](O)C(C)(C)[C@@H]2CC[C@@H](C)[C@@]3(O2)O[B-]24O[C@@H](C(=O)O1)[C@]1(O[C@@H](CC[C@H]1C)C(C)(C)[C@H](O)CCC[C@@H]1C[C@H](OC(=O)[C@@H]3O2)[C@@H](C)O1)O4.[H+]. The van der Waals surface area contributed by atoms with Gasteiger partial charge in [-0.3, -0.25) is 4.79 Å². The second kappa shape index (κ2) is 17.9. The Hall–Kier alpha value is -2.19. The summed E-state index contributed by atoms with van der Waals surface area (Å²) in [6.07, 6.45) is -0.362. The lowest BCUT2D eigenvalue weighted by molar-refractivity contribution is -0.311. The largest absolute Gasteiger partial charge is 1.00 e. The highest BCUT2D eigenvalue weighted by Gasteiger charge is 2.73. The summed E-state index contributed by atoms with van der Waals surface area (Å²) in [6, 6.07) is -0.902. The van der Waals surface area contributed by atoms with Crippen molar-refractivity contribution in [3.8, 4) is 0 Å². The van der Waals surface area contributed by atoms with Crippen molar-refractivity contribution in [1.29, 1.82) is 0 Å². The summed E-state index contributed by atoms with van der Waals surface area (Å²) >= 11 is 0. The molecule has 0 aromatic heterocycles. The van der Waals surface area contributed by atoms with Gasteiger partial charge in [0.2, 0.25) is 0 Å². The molecule has 0 aromatic carbocycles. The average molecular weight is 880 g/mol. The van der Waals surface area contributed by atoms with Gasteiger partial charge in [0.1, 0.15) is 24.4 Å². The molecular weight excluding hydrogens is 805 g/mol. The molecule has 0 aromatic rings. The molecule has 62 heavy (non-hydrogen) atoms. The number of nitrogens with two attached hydrogens (primary N) is 1. The molecule has 3 spiro atoms. The van der Waals surface area contributed by atoms with E-state index in [1.807, 2.05) is 74.5 Å². The number of aliphatic hydroxyl groups is 2. The van der Waals surface area contributed by atoms with Crippen molar-refractivity contribution in [2.24, 2.45) is 34.3 Å². The van der Waals surface area contributed by atoms with Crippen molar-refractivity contribution in [1.82, 2.24) is 0 Å². The Morgan fingerprint density at radius 3 is 1.92 bits per heavy atom. The van der Waals surface area contributed by atoms with Gasteiger partial charge in [0, 0.05) is 35.5 Å². The van der Waals surface area contributed by atoms with E-state index in [9.17, 15) is 19.8 Å². The first-order chi connectivity index (χ1) is 29.0. The molecule has 7 heterocycles. The van der Waals surface area contributed by atoms with E-state index in [2.05, 4.69) is 0 Å². The summed E-state index contributed by atoms with van der Waals surface area (Å²) in [7, 11) is 0. The smallest absolute Gasteiger partial charge is 0.504 e. The summed E-state index contributed by atoms with van der Waals surface area (Å²) in [5.41, 5.74) is 4.48. The fourth-order valence-corrected chi connectivity index (χ4v) is 10.6. The van der Waals surface area contributed by atoms with E-state index in [0.29, 0.717) is 64.2 Å². The third kappa shape index (κ3) is 8.78. The number of ether oxygens (including phenoxy) is 6. The van der Waals surface area contributed by atoms with Gasteiger partial charge in [-0.25, -0.2) is 9.59 Å². The molecule has 0 aliphatic carbocycles. The third-order valence-electron chi connectivity index (χ3n) is 15.5. The molecule has 0 saturated carbocycles. The third-order valence-corrected chi connectivity index (χ3v) is 15.5. The highest BCUT2D eigenvalue weighted by molar-refractivity contribution is 6.56. The number of hydrogen-bond acceptors (Lipinski definition) is 16. The minimum Gasteiger partial charge on any atom is -0.504 e. The van der Waals surface area contributed by atoms with E-state index in [4.69, 9.17) is 52.8 Å². The van der Waals surface area contributed by atoms with Crippen LogP contribution in [0.25, 0.3) is 0 Å². The fourth-order valence-electron chi connectivity index (χ4n) is 10.6. The van der Waals surface area contributed by atoms with Crippen LogP contribution in [-0.4, -0.2) is 120 Å². The molecule has 0 amide bonds. The number of carbonyl (C=O) groups is 3. The number of allylic oxidation sites excluding steroid dienone is 1. The first-order valence-corrected chi connectivity index (χ1v) is 23.3. The monoisotopic (exact) mass is 880 g/mol. The lowest BCUT2D eigenvalue weighted by Gasteiger charge is -2.52. The molecule has 6 fully saturated rings. The second-order valence-electron chi connectivity index (χ2n) is 20.9. The maximum atomic E-state index is 15.0. The zero-order chi connectivity index (χ0) is 45.2. The first-order valence-electron chi connectivity index (χ1n) is 23.3. The summed E-state index contributed by atoms with van der Waals surface area (Å²) in [5.74, 6) is -7.31. The molecule has 352 valence electrons. The Morgan fingerprint density at radius 1 is 0.806 bits per heavy atom. The van der Waals surface area contributed by atoms with Crippen molar-refractivity contribution < 1.29 is 73.1 Å². The van der Waals surface area contributed by atoms with Crippen LogP contribution in [0.5, 0.6) is 0 Å². The number of esters is 3. The molecule has 1 unspecified atom stereocenters. The van der Waals surface area contributed by atoms with Crippen LogP contribution < -0.4 is 5.73 Å². The van der Waals surface area contributed by atoms with Crippen LogP contribution in [-0.2, 0) is 61.4 Å². The van der Waals surface area contributed by atoms with Crippen molar-refractivity contribution >= 4 is 24.9 Å². The minimum atomic E-state index is -3.53. The maximum Gasteiger partial charge on any atom is 1.00 e. The van der Waals surface area contributed by atoms with Gasteiger partial charge in [-0.1, -0.05) is 67.5 Å². The van der Waals surface area contributed by atoms with Gasteiger partial charge in [0.25, 0.3) is 0 Å². The van der Waals surface area contributed by atoms with Crippen LogP contribution in [0.3, 0.4) is 0 Å². The number of carbonyl (C=O) groups excluding carboxylic acids is 3. The van der Waals surface area contributed by atoms with Gasteiger partial charge in [0.05, 0.1) is 36.6 Å². The quantitative estimate of drug-likeness (QED) is 0.147. The van der Waals surface area contributed by atoms with Gasteiger partial charge >= 0.3 is 26.3 Å². The van der Waals surface area contributed by atoms with E-state index < -0.39 is 126 Å². The normalized spacial score (nSPS) is 46.3. The number of hydrogen-bond donors (Lipinski definition) is 3. The number of cyclic esters (lactones) is 1. The fraction of sp³-hybridized carbons (Fsp3) is 0.889. The molecule has 7 rings (SSSR count). The molecular formula is C45H74BNO15. The Bertz CT molecular complexity index is 1690. The molecule has 7 aliphatic heterocycles. The van der Waals surface area contributed by atoms with Gasteiger partial charge in [-0.05, 0) is 77.6 Å². The van der Waals surface area contributed by atoms with Crippen LogP contribution >= 0.6 is 0 Å². The van der Waals surface area contributed by atoms with E-state index >= 15 is 4.79 Å². The Labute approximate surface area is 368 Å². The van der Waals surface area contributed by atoms with E-state index in [1.54, 1.807) is 6.92 Å². The second-order valence-corrected chi connectivity index (χ2v) is 20.9. The predicted molar refractivity (Wildman–Crippen MR) is 224 cm³/mol. The Balaban J connectivity index is 0.00000661. The van der Waals surface area contributed by atoms with Gasteiger partial charge in [0.15, 0.2) is 23.8 Å². The minimum absolute atomic E-state index is 0. The van der Waals surface area contributed by atoms with Gasteiger partial charge in [-0.15, -0.1) is 0 Å². The number of aliphatic hydroxyl groups excluding tert-OH is 2.